The minimum atomic E-state index is -0.513. The van der Waals surface area contributed by atoms with Crippen molar-refractivity contribution in [3.8, 4) is 0 Å². The highest BCUT2D eigenvalue weighted by Crippen LogP contribution is 2.16. The Balaban J connectivity index is 0.000000196. The van der Waals surface area contributed by atoms with Crippen LogP contribution < -0.4 is 11.5 Å². The van der Waals surface area contributed by atoms with Gasteiger partial charge in [0.2, 0.25) is 0 Å². The van der Waals surface area contributed by atoms with Crippen LogP contribution in [0.1, 0.15) is 23.9 Å². The summed E-state index contributed by atoms with van der Waals surface area (Å²) in [7, 11) is 0. The van der Waals surface area contributed by atoms with Gasteiger partial charge in [0.15, 0.2) is 5.78 Å². The van der Waals surface area contributed by atoms with Crippen LogP contribution in [-0.2, 0) is 20.7 Å². The highest BCUT2D eigenvalue weighted by molar-refractivity contribution is 9.10. The molecule has 3 heterocycles. The summed E-state index contributed by atoms with van der Waals surface area (Å²) >= 11 is 3.03. The summed E-state index contributed by atoms with van der Waals surface area (Å²) in [5.74, 6) is -1.81. The first-order valence-electron chi connectivity index (χ1n) is 10.3. The van der Waals surface area contributed by atoms with Crippen LogP contribution in [0.2, 0.25) is 0 Å². The number of hydrogen-bond donors (Lipinski definition) is 2. The number of ether oxygens (including phenoxy) is 1. The van der Waals surface area contributed by atoms with Gasteiger partial charge in [0.1, 0.15) is 22.1 Å². The molecule has 0 atom stereocenters. The Kier molecular flexibility index (Phi) is 10.7. The topological polar surface area (TPSA) is 134 Å². The molecule has 188 valence electrons. The van der Waals surface area contributed by atoms with Gasteiger partial charge in [0.05, 0.1) is 48.0 Å². The summed E-state index contributed by atoms with van der Waals surface area (Å²) in [6.45, 7) is 2.01. The number of carbonyl (C=O) groups is 2. The number of nitrogen functional groups attached to an aromatic ring is 2. The van der Waals surface area contributed by atoms with E-state index in [9.17, 15) is 22.8 Å². The number of anilines is 2. The number of rotatable bonds is 3. The summed E-state index contributed by atoms with van der Waals surface area (Å²) in [5, 5.41) is 0. The normalized spacial score (nSPS) is 11.6. The number of esters is 1. The minimum absolute atomic E-state index is 0.00472. The number of aromatic nitrogens is 3. The molecule has 0 fully saturated rings. The van der Waals surface area contributed by atoms with Gasteiger partial charge in [-0.15, -0.1) is 0 Å². The van der Waals surface area contributed by atoms with Crippen molar-refractivity contribution in [1.29, 1.82) is 0 Å². The quantitative estimate of drug-likeness (QED) is 0.273. The third-order valence-corrected chi connectivity index (χ3v) is 4.84. The molecule has 0 unspecified atom stereocenters. The molecule has 8 nitrogen and oxygen atoms in total. The molecule has 12 heteroatoms. The Bertz CT molecular complexity index is 1300. The third kappa shape index (κ3) is 9.29. The number of nitrogens with two attached hydrogens (primary N) is 2. The molecule has 1 aliphatic carbocycles. The van der Waals surface area contributed by atoms with Crippen LogP contribution in [0.3, 0.4) is 0 Å². The first-order valence-corrected chi connectivity index (χ1v) is 11.1. The smallest absolute Gasteiger partial charge is 0.330 e. The molecule has 0 saturated heterocycles. The lowest BCUT2D eigenvalue weighted by Crippen LogP contribution is -2.06. The number of fused-ring (bicyclic) bond motifs is 1. The van der Waals surface area contributed by atoms with Gasteiger partial charge in [-0.3, -0.25) is 14.8 Å². The van der Waals surface area contributed by atoms with E-state index >= 15 is 0 Å². The molecule has 0 saturated carbocycles. The van der Waals surface area contributed by atoms with Crippen LogP contribution in [0.4, 0.5) is 24.5 Å². The maximum absolute atomic E-state index is 12.6. The van der Waals surface area contributed by atoms with Crippen LogP contribution in [-0.4, -0.2) is 33.3 Å². The van der Waals surface area contributed by atoms with Crippen molar-refractivity contribution >= 4 is 51.2 Å². The van der Waals surface area contributed by atoms with E-state index in [0.29, 0.717) is 33.8 Å². The molecule has 0 spiro atoms. The Morgan fingerprint density at radius 3 is 2.22 bits per heavy atom. The van der Waals surface area contributed by atoms with E-state index in [1.165, 1.54) is 30.4 Å². The first-order chi connectivity index (χ1) is 17.1. The molecule has 0 radical (unpaired) electrons. The van der Waals surface area contributed by atoms with Gasteiger partial charge >= 0.3 is 5.97 Å². The molecule has 3 aromatic rings. The molecule has 0 aromatic carbocycles. The van der Waals surface area contributed by atoms with Crippen LogP contribution in [0, 0.1) is 17.5 Å². The third-order valence-electron chi connectivity index (χ3n) is 4.17. The maximum atomic E-state index is 12.6. The fraction of sp³-hybridized carbons (Fsp3) is 0.125. The number of pyridine rings is 3. The SMILES string of the molecule is CCOC(=O)/C=C/c1ncc(F)cc1N.Nc1cc(F)cnc1Br.O=C1C=Cc2ncc(F)cc2C1. The van der Waals surface area contributed by atoms with Crippen molar-refractivity contribution in [2.75, 3.05) is 18.1 Å². The summed E-state index contributed by atoms with van der Waals surface area (Å²) in [6.07, 6.45) is 9.19. The fourth-order valence-corrected chi connectivity index (χ4v) is 2.80. The fourth-order valence-electron chi connectivity index (χ4n) is 2.58. The van der Waals surface area contributed by atoms with Crippen molar-refractivity contribution in [3.63, 3.8) is 0 Å². The number of ketones is 1. The average molecular weight is 564 g/mol. The highest BCUT2D eigenvalue weighted by Gasteiger charge is 2.11. The van der Waals surface area contributed by atoms with Crippen molar-refractivity contribution in [2.24, 2.45) is 0 Å². The summed E-state index contributed by atoms with van der Waals surface area (Å²) in [6, 6.07) is 3.69. The van der Waals surface area contributed by atoms with E-state index in [2.05, 4.69) is 35.6 Å². The van der Waals surface area contributed by atoms with Gasteiger partial charge in [-0.05, 0) is 52.7 Å². The van der Waals surface area contributed by atoms with Crippen LogP contribution in [0.5, 0.6) is 0 Å². The monoisotopic (exact) mass is 563 g/mol. The van der Waals surface area contributed by atoms with Crippen LogP contribution >= 0.6 is 15.9 Å². The summed E-state index contributed by atoms with van der Waals surface area (Å²) in [4.78, 5) is 33.0. The Morgan fingerprint density at radius 1 is 1.00 bits per heavy atom. The molecule has 0 amide bonds. The molecule has 0 bridgehead atoms. The highest BCUT2D eigenvalue weighted by atomic mass is 79.9. The summed E-state index contributed by atoms with van der Waals surface area (Å²) < 4.78 is 42.6. The standard InChI is InChI=1S/C10H11FN2O2.C9H6FNO.C5H4BrFN2/c1-2-15-10(14)4-3-9-8(12)5-7(11)6-13-9;10-7-3-6-4-8(12)1-2-9(6)11-5-7;6-5-4(8)1-3(7)2-9-5/h3-6H,2,12H2,1H3;1-3,5H,4H2;1-2H,8H2/b4-3+;;. The minimum Gasteiger partial charge on any atom is -0.463 e. The molecular weight excluding hydrogens is 543 g/mol. The van der Waals surface area contributed by atoms with Gasteiger partial charge < -0.3 is 16.2 Å². The molecule has 4 N–H and O–H groups in total. The van der Waals surface area contributed by atoms with Gasteiger partial charge in [-0.2, -0.15) is 0 Å². The molecule has 3 aromatic heterocycles. The molecule has 1 aliphatic rings. The number of halogens is 4. The molecule has 36 heavy (non-hydrogen) atoms. The Labute approximate surface area is 213 Å². The average Bonchev–Trinajstić information content (AvgIpc) is 2.82. The maximum Gasteiger partial charge on any atom is 0.330 e. The largest absolute Gasteiger partial charge is 0.463 e. The predicted octanol–water partition coefficient (Wildman–Crippen LogP) is 4.30. The zero-order chi connectivity index (χ0) is 26.7. The Morgan fingerprint density at radius 2 is 1.61 bits per heavy atom. The zero-order valence-corrected chi connectivity index (χ0v) is 20.5. The van der Waals surface area contributed by atoms with E-state index in [1.54, 1.807) is 13.0 Å². The van der Waals surface area contributed by atoms with Crippen molar-refractivity contribution in [2.45, 2.75) is 13.3 Å². The second kappa shape index (κ2) is 13.7. The van der Waals surface area contributed by atoms with Gasteiger partial charge in [0, 0.05) is 24.6 Å². The predicted molar refractivity (Wildman–Crippen MR) is 133 cm³/mol. The number of carbonyl (C=O) groups excluding carboxylic acids is 2. The lowest BCUT2D eigenvalue weighted by molar-refractivity contribution is -0.137. The van der Waals surface area contributed by atoms with Crippen LogP contribution in [0.25, 0.3) is 12.2 Å². The van der Waals surface area contributed by atoms with Gasteiger partial charge in [0.25, 0.3) is 0 Å². The number of hydrogen-bond acceptors (Lipinski definition) is 8. The number of allylic oxidation sites excluding steroid dienone is 1. The van der Waals surface area contributed by atoms with E-state index in [0.717, 1.165) is 24.7 Å². The molecule has 0 aliphatic heterocycles. The van der Waals surface area contributed by atoms with Crippen molar-refractivity contribution in [1.82, 2.24) is 15.0 Å². The number of nitrogens with zero attached hydrogens (tertiary/aromatic N) is 3. The van der Waals surface area contributed by atoms with E-state index in [4.69, 9.17) is 11.5 Å². The van der Waals surface area contributed by atoms with Crippen molar-refractivity contribution in [3.05, 3.63) is 87.9 Å². The lowest BCUT2D eigenvalue weighted by atomic mass is 10.0. The second-order valence-electron chi connectivity index (χ2n) is 6.92. The Hall–Kier alpha value is -4.06. The van der Waals surface area contributed by atoms with E-state index in [-0.39, 0.29) is 17.9 Å². The summed E-state index contributed by atoms with van der Waals surface area (Å²) in [5.41, 5.74) is 12.9. The van der Waals surface area contributed by atoms with Gasteiger partial charge in [-0.1, -0.05) is 0 Å². The van der Waals surface area contributed by atoms with E-state index < -0.39 is 23.4 Å². The molecule has 4 rings (SSSR count). The second-order valence-corrected chi connectivity index (χ2v) is 7.67. The van der Waals surface area contributed by atoms with Crippen molar-refractivity contribution < 1.29 is 27.5 Å². The zero-order valence-electron chi connectivity index (χ0n) is 18.9. The van der Waals surface area contributed by atoms with Crippen LogP contribution in [0.15, 0.2) is 53.5 Å². The van der Waals surface area contributed by atoms with Gasteiger partial charge in [-0.25, -0.2) is 22.9 Å². The molecular formula is C24H21BrF3N5O3. The first kappa shape index (κ1) is 28.2. The van der Waals surface area contributed by atoms with E-state index in [1.807, 2.05) is 0 Å². The lowest BCUT2D eigenvalue weighted by Gasteiger charge is -2.06.